The quantitative estimate of drug-likeness (QED) is 0.334. The van der Waals surface area contributed by atoms with Gasteiger partial charge in [-0.3, -0.25) is 0 Å². The molecule has 32 valence electrons. The van der Waals surface area contributed by atoms with Gasteiger partial charge in [-0.15, -0.1) is 5.72 Å². The molecule has 3 heteroatoms. The first-order valence-corrected chi connectivity index (χ1v) is 2.64. The maximum absolute atomic E-state index is 2.24. The van der Waals surface area contributed by atoms with Gasteiger partial charge in [-0.2, -0.15) is 0 Å². The fraction of sp³-hybridized carbons (Fsp3) is 1.00. The average molecular weight is 79.6 g/mol. The molecule has 0 rings (SSSR count). The molecule has 0 aromatic carbocycles. The molecule has 0 aliphatic carbocycles. The monoisotopic (exact) mass is 80.1 g/mol. The van der Waals surface area contributed by atoms with Crippen molar-refractivity contribution in [2.75, 3.05) is 0 Å². The van der Waals surface area contributed by atoms with Gasteiger partial charge in [0.15, 0.2) is 0 Å². The smallest absolute Gasteiger partial charge is 0.100 e. The molecule has 0 aliphatic heterocycles. The summed E-state index contributed by atoms with van der Waals surface area (Å²) in [6.07, 6.45) is 0. The average Bonchev–Trinajstić information content (AvgIpc) is 1.36. The predicted octanol–water partition coefficient (Wildman–Crippen LogP) is -1.56. The van der Waals surface area contributed by atoms with Crippen molar-refractivity contribution in [3.05, 3.63) is 0 Å². The Hall–Kier alpha value is 0.195. The number of rotatable bonds is 1. The van der Waals surface area contributed by atoms with Crippen molar-refractivity contribution < 1.29 is 0 Å². The molecular weight excluding hydrogens is 68.5 g/mol. The van der Waals surface area contributed by atoms with Crippen molar-refractivity contribution in [2.45, 2.75) is 18.5 Å². The van der Waals surface area contributed by atoms with Gasteiger partial charge in [0.1, 0.15) is 7.85 Å². The molecule has 0 saturated heterocycles. The summed E-state index contributed by atoms with van der Waals surface area (Å²) in [5.74, 6) is 0.852. The Balaban J connectivity index is 2.99. The molecule has 1 unspecified atom stereocenters. The summed E-state index contributed by atoms with van der Waals surface area (Å²) in [6.45, 7) is 2.24. The van der Waals surface area contributed by atoms with Crippen LogP contribution in [-0.2, 0) is 0 Å². The van der Waals surface area contributed by atoms with Gasteiger partial charge in [-0.1, -0.05) is 12.7 Å². The van der Waals surface area contributed by atoms with Crippen molar-refractivity contribution in [1.29, 1.82) is 0 Å². The van der Waals surface area contributed by atoms with E-state index in [2.05, 4.69) is 30.5 Å². The topological polar surface area (TPSA) is 0 Å². The molecule has 6 heavy (non-hydrogen) atoms. The lowest BCUT2D eigenvalue weighted by Gasteiger charge is -2.04. The molecule has 0 saturated carbocycles. The summed E-state index contributed by atoms with van der Waals surface area (Å²) in [6, 6.07) is 0. The molecule has 0 bridgehead atoms. The highest BCUT2D eigenvalue weighted by molar-refractivity contribution is 6.39. The molecule has 0 nitrogen and oxygen atoms in total. The first-order chi connectivity index (χ1) is 2.64. The zero-order valence-corrected chi connectivity index (χ0v) is 5.15. The van der Waals surface area contributed by atoms with E-state index in [0.29, 0.717) is 0 Å². The van der Waals surface area contributed by atoms with Crippen LogP contribution in [0.3, 0.4) is 0 Å². The molecule has 0 heterocycles. The fourth-order valence-electron chi connectivity index (χ4n) is 0. The van der Waals surface area contributed by atoms with Crippen LogP contribution >= 0.6 is 0 Å². The molecular formula is C3H11B3. The van der Waals surface area contributed by atoms with Gasteiger partial charge < -0.3 is 0 Å². The lowest BCUT2D eigenvalue weighted by atomic mass is 9.58. The van der Waals surface area contributed by atoms with Crippen LogP contribution in [0, 0.1) is 0 Å². The van der Waals surface area contributed by atoms with Gasteiger partial charge in [0.2, 0.25) is 0 Å². The van der Waals surface area contributed by atoms with Crippen molar-refractivity contribution in [2.24, 2.45) is 0 Å². The van der Waals surface area contributed by atoms with Crippen molar-refractivity contribution in [1.82, 2.24) is 0 Å². The summed E-state index contributed by atoms with van der Waals surface area (Å²) < 4.78 is 0. The lowest BCUT2D eigenvalue weighted by Crippen LogP contribution is -1.97. The first-order valence-electron chi connectivity index (χ1n) is 2.64. The predicted molar refractivity (Wildman–Crippen MR) is 38.8 cm³/mol. The van der Waals surface area contributed by atoms with Crippen molar-refractivity contribution >= 4 is 23.5 Å². The van der Waals surface area contributed by atoms with E-state index in [-0.39, 0.29) is 0 Å². The summed E-state index contributed by atoms with van der Waals surface area (Å²) in [7, 11) is 6.72. The molecule has 0 radical (unpaired) electrons. The molecule has 1 atom stereocenters. The van der Waals surface area contributed by atoms with Crippen LogP contribution in [0.4, 0.5) is 0 Å². The van der Waals surface area contributed by atoms with Gasteiger partial charge in [0.05, 0.1) is 15.7 Å². The molecule has 0 fully saturated rings. The van der Waals surface area contributed by atoms with Crippen LogP contribution in [0.15, 0.2) is 0 Å². The third-order valence-electron chi connectivity index (χ3n) is 1.33. The Morgan fingerprint density at radius 1 is 1.17 bits per heavy atom. The minimum Gasteiger partial charge on any atom is -0.100 e. The fourth-order valence-corrected chi connectivity index (χ4v) is 0. The Kier molecular flexibility index (Phi) is 2.46. The molecule has 0 spiro atoms. The summed E-state index contributed by atoms with van der Waals surface area (Å²) in [5.41, 5.74) is 0.852. The second-order valence-electron chi connectivity index (χ2n) is 2.49. The van der Waals surface area contributed by atoms with Crippen molar-refractivity contribution in [3.63, 3.8) is 0 Å². The van der Waals surface area contributed by atoms with Gasteiger partial charge >= 0.3 is 0 Å². The minimum absolute atomic E-state index is 0.852. The minimum atomic E-state index is 0.852. The summed E-state index contributed by atoms with van der Waals surface area (Å²) in [5, 5.41) is 0. The molecule has 0 amide bonds. The zero-order chi connectivity index (χ0) is 5.15. The molecule has 0 N–H and O–H groups in total. The van der Waals surface area contributed by atoms with Crippen LogP contribution < -0.4 is 0 Å². The van der Waals surface area contributed by atoms with Crippen LogP contribution in [-0.4, -0.2) is 23.5 Å². The third-order valence-corrected chi connectivity index (χ3v) is 1.33. The van der Waals surface area contributed by atoms with Gasteiger partial charge in [0, 0.05) is 0 Å². The second-order valence-corrected chi connectivity index (χ2v) is 2.49. The van der Waals surface area contributed by atoms with E-state index in [1.807, 2.05) is 0 Å². The molecule has 0 aromatic heterocycles. The zero-order valence-electron chi connectivity index (χ0n) is 5.15. The van der Waals surface area contributed by atoms with E-state index < -0.39 is 0 Å². The molecule has 0 aromatic rings. The van der Waals surface area contributed by atoms with Gasteiger partial charge in [0.25, 0.3) is 0 Å². The van der Waals surface area contributed by atoms with E-state index >= 15 is 0 Å². The third kappa shape index (κ3) is 2.43. The van der Waals surface area contributed by atoms with Crippen LogP contribution in [0.5, 0.6) is 0 Å². The van der Waals surface area contributed by atoms with Crippen LogP contribution in [0.2, 0.25) is 11.5 Å². The van der Waals surface area contributed by atoms with E-state index in [1.54, 1.807) is 0 Å². The Morgan fingerprint density at radius 2 is 1.33 bits per heavy atom. The Bertz CT molecular complexity index is 27.0. The SMILES string of the molecule is BC(B)C(B)C. The standard InChI is InChI=1S/C3H11B3/c1-2(4)3(5)6/h2-3H,4-6H2,1H3. The van der Waals surface area contributed by atoms with E-state index in [4.69, 9.17) is 0 Å². The molecule has 0 aliphatic rings. The highest BCUT2D eigenvalue weighted by Gasteiger charge is 1.96. The largest absolute Gasteiger partial charge is 0.103 e. The van der Waals surface area contributed by atoms with Crippen LogP contribution in [0.25, 0.3) is 0 Å². The highest BCUT2D eigenvalue weighted by atomic mass is 13.8. The van der Waals surface area contributed by atoms with Crippen LogP contribution in [0.1, 0.15) is 6.92 Å². The Morgan fingerprint density at radius 3 is 1.33 bits per heavy atom. The summed E-state index contributed by atoms with van der Waals surface area (Å²) in [4.78, 5) is 0. The Labute approximate surface area is 42.9 Å². The highest BCUT2D eigenvalue weighted by Crippen LogP contribution is 2.09. The normalized spacial score (nSPS) is 15.0. The van der Waals surface area contributed by atoms with Crippen molar-refractivity contribution in [3.8, 4) is 0 Å². The second kappa shape index (κ2) is 2.38. The first kappa shape index (κ1) is 6.19. The maximum Gasteiger partial charge on any atom is 0.103 e. The summed E-state index contributed by atoms with van der Waals surface area (Å²) >= 11 is 0. The van der Waals surface area contributed by atoms with E-state index in [0.717, 1.165) is 11.5 Å². The lowest BCUT2D eigenvalue weighted by molar-refractivity contribution is 1.02. The van der Waals surface area contributed by atoms with Gasteiger partial charge in [-0.25, -0.2) is 0 Å². The van der Waals surface area contributed by atoms with E-state index in [1.165, 1.54) is 0 Å². The maximum atomic E-state index is 2.24. The van der Waals surface area contributed by atoms with Gasteiger partial charge in [-0.05, 0) is 0 Å². The van der Waals surface area contributed by atoms with E-state index in [9.17, 15) is 0 Å². The number of hydrogen-bond donors (Lipinski definition) is 0. The number of hydrogen-bond acceptors (Lipinski definition) is 0.